The zero-order chi connectivity index (χ0) is 7.82. The van der Waals surface area contributed by atoms with E-state index >= 15 is 0 Å². The number of ether oxygens (including phenoxy) is 1. The molecule has 0 unspecified atom stereocenters. The Morgan fingerprint density at radius 3 is 2.60 bits per heavy atom. The smallest absolute Gasteiger partial charge is 0.0986 e. The van der Waals surface area contributed by atoms with Gasteiger partial charge in [-0.1, -0.05) is 6.92 Å². The summed E-state index contributed by atoms with van der Waals surface area (Å²) in [7, 11) is 1.68. The van der Waals surface area contributed by atoms with E-state index in [4.69, 9.17) is 9.84 Å². The number of hydrogen-bond acceptors (Lipinski definition) is 3. The topological polar surface area (TPSA) is 32.7 Å². The van der Waals surface area contributed by atoms with Gasteiger partial charge >= 0.3 is 0 Å². The van der Waals surface area contributed by atoms with Crippen LogP contribution in [0.4, 0.5) is 0 Å². The first kappa shape index (κ1) is 9.88. The molecule has 0 aromatic carbocycles. The third-order valence-electron chi connectivity index (χ3n) is 1.39. The number of aliphatic hydroxyl groups excluding tert-OH is 1. The molecule has 0 fully saturated rings. The Morgan fingerprint density at radius 1 is 1.50 bits per heavy atom. The summed E-state index contributed by atoms with van der Waals surface area (Å²) in [4.78, 5) is 2.14. The third-order valence-corrected chi connectivity index (χ3v) is 1.39. The average Bonchev–Trinajstić information content (AvgIpc) is 1.98. The van der Waals surface area contributed by atoms with Crippen LogP contribution in [0.25, 0.3) is 0 Å². The molecular formula is C7H17NO2. The molecule has 0 heterocycles. The van der Waals surface area contributed by atoms with Crippen LogP contribution in [0.15, 0.2) is 0 Å². The zero-order valence-electron chi connectivity index (χ0n) is 6.84. The summed E-state index contributed by atoms with van der Waals surface area (Å²) in [5.74, 6) is 0. The van der Waals surface area contributed by atoms with Crippen LogP contribution in [0, 0.1) is 0 Å². The van der Waals surface area contributed by atoms with Crippen LogP contribution in [0.2, 0.25) is 0 Å². The molecular weight excluding hydrogens is 130 g/mol. The molecule has 0 aliphatic rings. The van der Waals surface area contributed by atoms with E-state index in [1.165, 1.54) is 0 Å². The van der Waals surface area contributed by atoms with Gasteiger partial charge in [-0.15, -0.1) is 0 Å². The van der Waals surface area contributed by atoms with E-state index < -0.39 is 0 Å². The quantitative estimate of drug-likeness (QED) is 0.548. The van der Waals surface area contributed by atoms with Gasteiger partial charge in [0.1, 0.15) is 0 Å². The first-order chi connectivity index (χ1) is 4.85. The maximum absolute atomic E-state index is 8.51. The van der Waals surface area contributed by atoms with Crippen LogP contribution >= 0.6 is 0 Å². The number of aliphatic hydroxyl groups is 1. The van der Waals surface area contributed by atoms with Gasteiger partial charge in [-0.2, -0.15) is 0 Å². The van der Waals surface area contributed by atoms with Crippen molar-refractivity contribution in [3.63, 3.8) is 0 Å². The van der Waals surface area contributed by atoms with E-state index in [1.807, 2.05) is 0 Å². The van der Waals surface area contributed by atoms with E-state index in [-0.39, 0.29) is 6.61 Å². The van der Waals surface area contributed by atoms with Crippen LogP contribution in [0.5, 0.6) is 0 Å². The van der Waals surface area contributed by atoms with E-state index in [0.29, 0.717) is 6.73 Å². The van der Waals surface area contributed by atoms with E-state index in [0.717, 1.165) is 19.5 Å². The highest BCUT2D eigenvalue weighted by Crippen LogP contribution is 1.89. The lowest BCUT2D eigenvalue weighted by Crippen LogP contribution is -2.27. The second-order valence-corrected chi connectivity index (χ2v) is 2.21. The molecule has 0 saturated heterocycles. The van der Waals surface area contributed by atoms with Gasteiger partial charge in [0.15, 0.2) is 0 Å². The molecule has 0 radical (unpaired) electrons. The van der Waals surface area contributed by atoms with Crippen molar-refractivity contribution in [3.8, 4) is 0 Å². The molecule has 0 aromatic rings. The fraction of sp³-hybridized carbons (Fsp3) is 1.00. The molecule has 10 heavy (non-hydrogen) atoms. The Bertz CT molecular complexity index is 68.6. The normalized spacial score (nSPS) is 10.8. The van der Waals surface area contributed by atoms with E-state index in [9.17, 15) is 0 Å². The minimum Gasteiger partial charge on any atom is -0.396 e. The van der Waals surface area contributed by atoms with Gasteiger partial charge < -0.3 is 9.84 Å². The molecule has 0 aliphatic carbocycles. The van der Waals surface area contributed by atoms with Crippen LogP contribution in [0.1, 0.15) is 13.3 Å². The maximum atomic E-state index is 8.51. The lowest BCUT2D eigenvalue weighted by molar-refractivity contribution is 0.0626. The number of hydrogen-bond donors (Lipinski definition) is 1. The predicted molar refractivity (Wildman–Crippen MR) is 40.8 cm³/mol. The van der Waals surface area contributed by atoms with Crippen molar-refractivity contribution in [2.24, 2.45) is 0 Å². The first-order valence-electron chi connectivity index (χ1n) is 3.67. The summed E-state index contributed by atoms with van der Waals surface area (Å²) >= 11 is 0. The zero-order valence-corrected chi connectivity index (χ0v) is 6.84. The minimum absolute atomic E-state index is 0.264. The lowest BCUT2D eigenvalue weighted by atomic mass is 10.4. The molecule has 0 aliphatic heterocycles. The van der Waals surface area contributed by atoms with Crippen molar-refractivity contribution in [2.45, 2.75) is 13.3 Å². The Balaban J connectivity index is 3.21. The Hall–Kier alpha value is -0.120. The summed E-state index contributed by atoms with van der Waals surface area (Å²) in [5.41, 5.74) is 0. The average molecular weight is 147 g/mol. The largest absolute Gasteiger partial charge is 0.396 e. The highest BCUT2D eigenvalue weighted by atomic mass is 16.5. The van der Waals surface area contributed by atoms with Crippen molar-refractivity contribution in [1.29, 1.82) is 0 Å². The number of nitrogens with zero attached hydrogens (tertiary/aromatic N) is 1. The van der Waals surface area contributed by atoms with E-state index in [1.54, 1.807) is 7.11 Å². The lowest BCUT2D eigenvalue weighted by Gasteiger charge is -2.17. The van der Waals surface area contributed by atoms with Crippen LogP contribution in [-0.4, -0.2) is 43.5 Å². The standard InChI is InChI=1S/C7H17NO2/c1-3-8(7-10-2)5-4-6-9/h9H,3-7H2,1-2H3. The van der Waals surface area contributed by atoms with Crippen molar-refractivity contribution in [1.82, 2.24) is 4.90 Å². The molecule has 0 atom stereocenters. The fourth-order valence-corrected chi connectivity index (χ4v) is 0.791. The molecule has 0 saturated carbocycles. The van der Waals surface area contributed by atoms with Gasteiger partial charge in [0, 0.05) is 20.3 Å². The fourth-order valence-electron chi connectivity index (χ4n) is 0.791. The third kappa shape index (κ3) is 4.73. The van der Waals surface area contributed by atoms with Crippen LogP contribution < -0.4 is 0 Å². The number of rotatable bonds is 6. The molecule has 3 heteroatoms. The van der Waals surface area contributed by atoms with Gasteiger partial charge in [0.05, 0.1) is 6.73 Å². The van der Waals surface area contributed by atoms with Gasteiger partial charge in [-0.3, -0.25) is 4.90 Å². The molecule has 0 amide bonds. The molecule has 0 aromatic heterocycles. The van der Waals surface area contributed by atoms with Crippen molar-refractivity contribution >= 4 is 0 Å². The van der Waals surface area contributed by atoms with E-state index in [2.05, 4.69) is 11.8 Å². The maximum Gasteiger partial charge on any atom is 0.0986 e. The SMILES string of the molecule is CCN(CCCO)COC. The van der Waals surface area contributed by atoms with Gasteiger partial charge in [-0.25, -0.2) is 0 Å². The van der Waals surface area contributed by atoms with Crippen molar-refractivity contribution in [2.75, 3.05) is 33.5 Å². The second-order valence-electron chi connectivity index (χ2n) is 2.21. The Kier molecular flexibility index (Phi) is 6.91. The Morgan fingerprint density at radius 2 is 2.20 bits per heavy atom. The monoisotopic (exact) mass is 147 g/mol. The molecule has 0 spiro atoms. The molecule has 0 rings (SSSR count). The molecule has 3 nitrogen and oxygen atoms in total. The summed E-state index contributed by atoms with van der Waals surface area (Å²) in [6.07, 6.45) is 0.831. The highest BCUT2D eigenvalue weighted by Gasteiger charge is 1.98. The van der Waals surface area contributed by atoms with Crippen molar-refractivity contribution < 1.29 is 9.84 Å². The molecule has 62 valence electrons. The second kappa shape index (κ2) is 6.99. The minimum atomic E-state index is 0.264. The highest BCUT2D eigenvalue weighted by molar-refractivity contribution is 4.48. The van der Waals surface area contributed by atoms with Gasteiger partial charge in [0.25, 0.3) is 0 Å². The van der Waals surface area contributed by atoms with Gasteiger partial charge in [0.2, 0.25) is 0 Å². The summed E-state index contributed by atoms with van der Waals surface area (Å²) < 4.78 is 4.94. The van der Waals surface area contributed by atoms with Gasteiger partial charge in [-0.05, 0) is 13.0 Å². The molecule has 0 bridgehead atoms. The summed E-state index contributed by atoms with van der Waals surface area (Å²) in [6, 6.07) is 0. The van der Waals surface area contributed by atoms with Crippen LogP contribution in [0.3, 0.4) is 0 Å². The first-order valence-corrected chi connectivity index (χ1v) is 3.67. The summed E-state index contributed by atoms with van der Waals surface area (Å²) in [5, 5.41) is 8.51. The molecule has 1 N–H and O–H groups in total. The number of methoxy groups -OCH3 is 1. The van der Waals surface area contributed by atoms with Crippen LogP contribution in [-0.2, 0) is 4.74 Å². The summed E-state index contributed by atoms with van der Waals surface area (Å²) in [6.45, 7) is 4.90. The predicted octanol–water partition coefficient (Wildman–Crippen LogP) is 0.295. The van der Waals surface area contributed by atoms with Crippen molar-refractivity contribution in [3.05, 3.63) is 0 Å². The Labute approximate surface area is 62.6 Å².